The number of halogens is 1. The van der Waals surface area contributed by atoms with Crippen LogP contribution >= 0.6 is 11.6 Å². The lowest BCUT2D eigenvalue weighted by atomic mass is 9.96. The van der Waals surface area contributed by atoms with Crippen LogP contribution in [0.5, 0.6) is 5.75 Å². The number of benzene rings is 2. The molecule has 6 heteroatoms. The summed E-state index contributed by atoms with van der Waals surface area (Å²) in [5.41, 5.74) is 1.72. The van der Waals surface area contributed by atoms with Gasteiger partial charge < -0.3 is 14.5 Å². The first-order valence-electron chi connectivity index (χ1n) is 9.06. The summed E-state index contributed by atoms with van der Waals surface area (Å²) >= 11 is 6.27. The number of hydrogen-bond donors (Lipinski definition) is 1. The van der Waals surface area contributed by atoms with Gasteiger partial charge in [0, 0.05) is 17.5 Å². The number of carbonyl (C=O) groups excluding carboxylic acids is 1. The minimum absolute atomic E-state index is 0.120. The molecular weight excluding hydrogens is 378 g/mol. The molecule has 0 fully saturated rings. The lowest BCUT2D eigenvalue weighted by Crippen LogP contribution is -2.35. The zero-order valence-corrected chi connectivity index (χ0v) is 16.7. The Morgan fingerprint density at radius 2 is 1.89 bits per heavy atom. The van der Waals surface area contributed by atoms with Gasteiger partial charge in [-0.2, -0.15) is 0 Å². The Morgan fingerprint density at radius 3 is 2.57 bits per heavy atom. The summed E-state index contributed by atoms with van der Waals surface area (Å²) < 4.78 is 10.8. The number of nitrogens with one attached hydrogen (secondary N) is 1. The van der Waals surface area contributed by atoms with Crippen molar-refractivity contribution in [1.82, 2.24) is 5.32 Å². The second kappa shape index (κ2) is 8.48. The molecule has 146 valence electrons. The van der Waals surface area contributed by atoms with Crippen LogP contribution in [0, 0.1) is 12.8 Å². The van der Waals surface area contributed by atoms with Crippen LogP contribution in [0.2, 0.25) is 5.02 Å². The third-order valence-corrected chi connectivity index (χ3v) is 4.80. The van der Waals surface area contributed by atoms with Crippen molar-refractivity contribution in [1.29, 1.82) is 0 Å². The molecule has 5 nitrogen and oxygen atoms in total. The molecular formula is C22H22ClNO4. The van der Waals surface area contributed by atoms with Crippen molar-refractivity contribution in [2.75, 3.05) is 6.61 Å². The van der Waals surface area contributed by atoms with Crippen LogP contribution in [0.15, 0.2) is 57.7 Å². The Balaban J connectivity index is 1.73. The normalized spacial score (nSPS) is 12.2. The quantitative estimate of drug-likeness (QED) is 0.613. The van der Waals surface area contributed by atoms with Crippen LogP contribution in [-0.2, 0) is 4.79 Å². The molecule has 0 saturated heterocycles. The maximum Gasteiger partial charge on any atom is 0.336 e. The molecule has 1 aromatic heterocycles. The molecule has 28 heavy (non-hydrogen) atoms. The van der Waals surface area contributed by atoms with Gasteiger partial charge in [-0.15, -0.1) is 0 Å². The molecule has 0 aliphatic heterocycles. The molecule has 0 radical (unpaired) electrons. The molecule has 0 spiro atoms. The van der Waals surface area contributed by atoms with Crippen molar-refractivity contribution in [3.8, 4) is 5.75 Å². The highest BCUT2D eigenvalue weighted by Crippen LogP contribution is 2.31. The molecule has 1 heterocycles. The Labute approximate surface area is 168 Å². The van der Waals surface area contributed by atoms with E-state index in [1.807, 2.05) is 44.2 Å². The molecule has 2 aromatic carbocycles. The third kappa shape index (κ3) is 4.54. The van der Waals surface area contributed by atoms with E-state index in [-0.39, 0.29) is 24.5 Å². The fraction of sp³-hybridized carbons (Fsp3) is 0.273. The van der Waals surface area contributed by atoms with Gasteiger partial charge in [-0.3, -0.25) is 4.79 Å². The molecule has 3 rings (SSSR count). The molecule has 1 atom stereocenters. The van der Waals surface area contributed by atoms with Gasteiger partial charge in [0.25, 0.3) is 5.91 Å². The molecule has 1 N–H and O–H groups in total. The Bertz CT molecular complexity index is 1040. The smallest absolute Gasteiger partial charge is 0.336 e. The predicted molar refractivity (Wildman–Crippen MR) is 110 cm³/mol. The van der Waals surface area contributed by atoms with Gasteiger partial charge >= 0.3 is 5.63 Å². The van der Waals surface area contributed by atoms with Crippen LogP contribution in [0.3, 0.4) is 0 Å². The van der Waals surface area contributed by atoms with E-state index in [1.54, 1.807) is 13.0 Å². The summed E-state index contributed by atoms with van der Waals surface area (Å²) in [4.78, 5) is 24.0. The molecule has 0 aliphatic carbocycles. The average molecular weight is 400 g/mol. The number of ether oxygens (including phenoxy) is 1. The summed E-state index contributed by atoms with van der Waals surface area (Å²) in [5, 5.41) is 4.07. The van der Waals surface area contributed by atoms with E-state index < -0.39 is 5.63 Å². The SMILES string of the molecule is Cc1cc(=O)oc2cc(OCC(=O)NC(c3ccccc3)C(C)C)c(Cl)cc12. The predicted octanol–water partition coefficient (Wildman–Crippen LogP) is 4.65. The molecule has 0 saturated carbocycles. The summed E-state index contributed by atoms with van der Waals surface area (Å²) in [6.07, 6.45) is 0. The number of aryl methyl sites for hydroxylation is 1. The first-order valence-corrected chi connectivity index (χ1v) is 9.44. The minimum Gasteiger partial charge on any atom is -0.482 e. The van der Waals surface area contributed by atoms with E-state index >= 15 is 0 Å². The topological polar surface area (TPSA) is 68.5 Å². The van der Waals surface area contributed by atoms with Crippen LogP contribution in [-0.4, -0.2) is 12.5 Å². The van der Waals surface area contributed by atoms with Gasteiger partial charge in [0.15, 0.2) is 6.61 Å². The number of fused-ring (bicyclic) bond motifs is 1. The van der Waals surface area contributed by atoms with Gasteiger partial charge in [0.2, 0.25) is 0 Å². The largest absolute Gasteiger partial charge is 0.482 e. The van der Waals surface area contributed by atoms with Gasteiger partial charge in [-0.1, -0.05) is 55.8 Å². The first kappa shape index (κ1) is 20.0. The Morgan fingerprint density at radius 1 is 1.18 bits per heavy atom. The summed E-state index contributed by atoms with van der Waals surface area (Å²) in [7, 11) is 0. The molecule has 1 amide bonds. The lowest BCUT2D eigenvalue weighted by molar-refractivity contribution is -0.124. The number of amides is 1. The average Bonchev–Trinajstić information content (AvgIpc) is 2.65. The highest BCUT2D eigenvalue weighted by Gasteiger charge is 2.19. The van der Waals surface area contributed by atoms with E-state index in [1.165, 1.54) is 12.1 Å². The standard InChI is InChI=1S/C22H22ClNO4/c1-13(2)22(15-7-5-4-6-8-15)24-20(25)12-27-19-11-18-16(10-17(19)23)14(3)9-21(26)28-18/h4-11,13,22H,12H2,1-3H3,(H,24,25). The van der Waals surface area contributed by atoms with E-state index in [0.717, 1.165) is 16.5 Å². The van der Waals surface area contributed by atoms with Crippen LogP contribution in [0.1, 0.15) is 31.0 Å². The van der Waals surface area contributed by atoms with E-state index in [4.69, 9.17) is 20.8 Å². The maximum absolute atomic E-state index is 12.4. The van der Waals surface area contributed by atoms with Gasteiger partial charge in [0.05, 0.1) is 11.1 Å². The first-order chi connectivity index (χ1) is 13.3. The van der Waals surface area contributed by atoms with Crippen molar-refractivity contribution in [2.24, 2.45) is 5.92 Å². The van der Waals surface area contributed by atoms with Gasteiger partial charge in [0.1, 0.15) is 11.3 Å². The fourth-order valence-corrected chi connectivity index (χ4v) is 3.30. The van der Waals surface area contributed by atoms with Crippen molar-refractivity contribution < 1.29 is 13.9 Å². The lowest BCUT2D eigenvalue weighted by Gasteiger charge is -2.23. The van der Waals surface area contributed by atoms with E-state index in [2.05, 4.69) is 5.32 Å². The number of rotatable bonds is 6. The molecule has 0 aliphatic rings. The monoisotopic (exact) mass is 399 g/mol. The number of hydrogen-bond acceptors (Lipinski definition) is 4. The summed E-state index contributed by atoms with van der Waals surface area (Å²) in [6.45, 7) is 5.70. The minimum atomic E-state index is -0.446. The van der Waals surface area contributed by atoms with Gasteiger partial charge in [-0.25, -0.2) is 4.79 Å². The van der Waals surface area contributed by atoms with Crippen molar-refractivity contribution in [3.05, 3.63) is 75.1 Å². The maximum atomic E-state index is 12.4. The van der Waals surface area contributed by atoms with Crippen molar-refractivity contribution in [3.63, 3.8) is 0 Å². The second-order valence-corrected chi connectivity index (χ2v) is 7.42. The third-order valence-electron chi connectivity index (χ3n) is 4.50. The summed E-state index contributed by atoms with van der Waals surface area (Å²) in [5.74, 6) is 0.246. The second-order valence-electron chi connectivity index (χ2n) is 7.02. The zero-order valence-electron chi connectivity index (χ0n) is 16.0. The number of carbonyl (C=O) groups is 1. The fourth-order valence-electron chi connectivity index (χ4n) is 3.08. The molecule has 0 bridgehead atoms. The Kier molecular flexibility index (Phi) is 6.05. The highest BCUT2D eigenvalue weighted by atomic mass is 35.5. The van der Waals surface area contributed by atoms with Crippen LogP contribution in [0.4, 0.5) is 0 Å². The molecule has 1 unspecified atom stereocenters. The molecule has 3 aromatic rings. The van der Waals surface area contributed by atoms with Crippen molar-refractivity contribution in [2.45, 2.75) is 26.8 Å². The van der Waals surface area contributed by atoms with Crippen molar-refractivity contribution >= 4 is 28.5 Å². The van der Waals surface area contributed by atoms with Crippen LogP contribution < -0.4 is 15.7 Å². The zero-order chi connectivity index (χ0) is 20.3. The van der Waals surface area contributed by atoms with E-state index in [0.29, 0.717) is 16.4 Å². The summed E-state index contributed by atoms with van der Waals surface area (Å²) in [6, 6.07) is 14.3. The Hall–Kier alpha value is -2.79. The highest BCUT2D eigenvalue weighted by molar-refractivity contribution is 6.32. The van der Waals surface area contributed by atoms with Crippen LogP contribution in [0.25, 0.3) is 11.0 Å². The van der Waals surface area contributed by atoms with E-state index in [9.17, 15) is 9.59 Å². The van der Waals surface area contributed by atoms with Gasteiger partial charge in [-0.05, 0) is 30.0 Å².